The first-order valence-electron chi connectivity index (χ1n) is 11.4. The molecule has 0 saturated carbocycles. The van der Waals surface area contributed by atoms with Crippen LogP contribution in [-0.2, 0) is 6.54 Å². The van der Waals surface area contributed by atoms with Gasteiger partial charge in [0.15, 0.2) is 0 Å². The molecule has 0 radical (unpaired) electrons. The summed E-state index contributed by atoms with van der Waals surface area (Å²) in [5.74, 6) is 1.88. The van der Waals surface area contributed by atoms with Gasteiger partial charge in [-0.3, -0.25) is 0 Å². The van der Waals surface area contributed by atoms with Crippen LogP contribution in [0.5, 0.6) is 5.75 Å². The fourth-order valence-corrected chi connectivity index (χ4v) is 4.24. The van der Waals surface area contributed by atoms with Gasteiger partial charge in [-0.2, -0.15) is 0 Å². The van der Waals surface area contributed by atoms with Crippen LogP contribution in [0.15, 0.2) is 42.6 Å². The predicted molar refractivity (Wildman–Crippen MR) is 128 cm³/mol. The van der Waals surface area contributed by atoms with Crippen LogP contribution in [0.25, 0.3) is 0 Å². The second-order valence-corrected chi connectivity index (χ2v) is 8.60. The number of carbonyl (C=O) groups excluding carboxylic acids is 1. The topological polar surface area (TPSA) is 73.0 Å². The molecular weight excluding hydrogens is 404 g/mol. The first kappa shape index (κ1) is 22.2. The van der Waals surface area contributed by atoms with E-state index < -0.39 is 0 Å². The van der Waals surface area contributed by atoms with Crippen LogP contribution in [-0.4, -0.2) is 75.4 Å². The van der Waals surface area contributed by atoms with Gasteiger partial charge in [-0.15, -0.1) is 0 Å². The normalized spacial score (nSPS) is 17.8. The number of ether oxygens (including phenoxy) is 1. The summed E-state index contributed by atoms with van der Waals surface area (Å²) in [4.78, 5) is 23.9. The molecule has 0 unspecified atom stereocenters. The molecule has 0 bridgehead atoms. The predicted octanol–water partition coefficient (Wildman–Crippen LogP) is 2.31. The number of carbonyl (C=O) groups is 1. The van der Waals surface area contributed by atoms with Gasteiger partial charge in [0.2, 0.25) is 0 Å². The molecule has 8 nitrogen and oxygen atoms in total. The van der Waals surface area contributed by atoms with E-state index in [-0.39, 0.29) is 12.1 Å². The second kappa shape index (κ2) is 10.5. The third-order valence-electron chi connectivity index (χ3n) is 6.36. The summed E-state index contributed by atoms with van der Waals surface area (Å²) < 4.78 is 5.23. The van der Waals surface area contributed by atoms with Crippen molar-refractivity contribution in [3.63, 3.8) is 0 Å². The Labute approximate surface area is 190 Å². The highest BCUT2D eigenvalue weighted by atomic mass is 16.5. The molecule has 2 aromatic rings. The Morgan fingerprint density at radius 3 is 2.34 bits per heavy atom. The summed E-state index contributed by atoms with van der Waals surface area (Å²) >= 11 is 0. The molecule has 172 valence electrons. The van der Waals surface area contributed by atoms with Gasteiger partial charge in [0.05, 0.1) is 7.11 Å². The number of methoxy groups -OCH3 is 1. The summed E-state index contributed by atoms with van der Waals surface area (Å²) in [6, 6.07) is 12.3. The maximum absolute atomic E-state index is 12.4. The van der Waals surface area contributed by atoms with E-state index in [1.54, 1.807) is 7.11 Å². The van der Waals surface area contributed by atoms with Gasteiger partial charge >= 0.3 is 6.03 Å². The number of piperidine rings is 1. The van der Waals surface area contributed by atoms with Crippen LogP contribution in [0.3, 0.4) is 0 Å². The number of benzene rings is 1. The van der Waals surface area contributed by atoms with E-state index in [2.05, 4.69) is 55.6 Å². The number of nitrogens with zero attached hydrogens (tertiary/aromatic N) is 4. The molecule has 2 N–H and O–H groups in total. The molecule has 32 heavy (non-hydrogen) atoms. The van der Waals surface area contributed by atoms with Crippen molar-refractivity contribution in [1.82, 2.24) is 20.5 Å². The number of likely N-dealkylation sites (N-methyl/N-ethyl adjacent to an activating group) is 1. The first-order chi connectivity index (χ1) is 15.6. The smallest absolute Gasteiger partial charge is 0.315 e. The van der Waals surface area contributed by atoms with Crippen molar-refractivity contribution in [3.8, 4) is 5.75 Å². The quantitative estimate of drug-likeness (QED) is 0.721. The number of amides is 2. The highest BCUT2D eigenvalue weighted by Crippen LogP contribution is 2.22. The highest BCUT2D eigenvalue weighted by molar-refractivity contribution is 5.74. The average Bonchev–Trinajstić information content (AvgIpc) is 2.84. The Morgan fingerprint density at radius 1 is 1.00 bits per heavy atom. The molecule has 0 spiro atoms. The molecule has 2 fully saturated rings. The summed E-state index contributed by atoms with van der Waals surface area (Å²) in [5, 5.41) is 6.09. The Balaban J connectivity index is 1.17. The minimum Gasteiger partial charge on any atom is -0.497 e. The number of hydrogen-bond donors (Lipinski definition) is 2. The zero-order valence-corrected chi connectivity index (χ0v) is 19.1. The lowest BCUT2D eigenvalue weighted by Crippen LogP contribution is -2.47. The zero-order valence-electron chi connectivity index (χ0n) is 19.1. The van der Waals surface area contributed by atoms with Crippen molar-refractivity contribution in [3.05, 3.63) is 48.2 Å². The van der Waals surface area contributed by atoms with Crippen molar-refractivity contribution in [2.75, 3.05) is 63.2 Å². The van der Waals surface area contributed by atoms with Gasteiger partial charge in [0.1, 0.15) is 11.6 Å². The monoisotopic (exact) mass is 438 g/mol. The van der Waals surface area contributed by atoms with E-state index in [1.807, 2.05) is 24.4 Å². The molecule has 1 aromatic heterocycles. The maximum Gasteiger partial charge on any atom is 0.315 e. The van der Waals surface area contributed by atoms with E-state index in [1.165, 1.54) is 5.69 Å². The molecule has 4 rings (SSSR count). The molecule has 2 aliphatic heterocycles. The van der Waals surface area contributed by atoms with E-state index in [0.717, 1.165) is 69.2 Å². The van der Waals surface area contributed by atoms with Crippen LogP contribution in [0.2, 0.25) is 0 Å². The SMILES string of the molecule is COc1ccc(N2CCC(NC(=O)NCc3ccc(N4CCN(C)CC4)nc3)CC2)cc1. The van der Waals surface area contributed by atoms with Gasteiger partial charge in [0.25, 0.3) is 0 Å². The molecule has 0 atom stereocenters. The average molecular weight is 439 g/mol. The first-order valence-corrected chi connectivity index (χ1v) is 11.4. The van der Waals surface area contributed by atoms with Crippen LogP contribution in [0.1, 0.15) is 18.4 Å². The van der Waals surface area contributed by atoms with Crippen molar-refractivity contribution >= 4 is 17.5 Å². The maximum atomic E-state index is 12.4. The fourth-order valence-electron chi connectivity index (χ4n) is 4.24. The van der Waals surface area contributed by atoms with Crippen LogP contribution in [0.4, 0.5) is 16.3 Å². The molecular formula is C24H34N6O2. The second-order valence-electron chi connectivity index (χ2n) is 8.60. The van der Waals surface area contributed by atoms with Crippen LogP contribution >= 0.6 is 0 Å². The number of nitrogens with one attached hydrogen (secondary N) is 2. The minimum absolute atomic E-state index is 0.115. The number of anilines is 2. The van der Waals surface area contributed by atoms with E-state index in [4.69, 9.17) is 4.74 Å². The summed E-state index contributed by atoms with van der Waals surface area (Å²) in [6.07, 6.45) is 3.72. The third kappa shape index (κ3) is 5.82. The zero-order chi connectivity index (χ0) is 22.3. The number of rotatable bonds is 6. The molecule has 8 heteroatoms. The molecule has 2 amide bonds. The molecule has 0 aliphatic carbocycles. The Kier molecular flexibility index (Phi) is 7.32. The van der Waals surface area contributed by atoms with Gasteiger partial charge < -0.3 is 30.1 Å². The fraction of sp³-hybridized carbons (Fsp3) is 0.500. The Bertz CT molecular complexity index is 857. The molecule has 1 aromatic carbocycles. The van der Waals surface area contributed by atoms with E-state index in [0.29, 0.717) is 6.54 Å². The van der Waals surface area contributed by atoms with E-state index >= 15 is 0 Å². The van der Waals surface area contributed by atoms with Gasteiger partial charge in [0, 0.05) is 63.7 Å². The van der Waals surface area contributed by atoms with Gasteiger partial charge in [-0.05, 0) is 55.8 Å². The Hall–Kier alpha value is -3.00. The van der Waals surface area contributed by atoms with Crippen molar-refractivity contribution in [2.45, 2.75) is 25.4 Å². The summed E-state index contributed by atoms with van der Waals surface area (Å²) in [7, 11) is 3.83. The number of aromatic nitrogens is 1. The van der Waals surface area contributed by atoms with Crippen molar-refractivity contribution in [2.24, 2.45) is 0 Å². The number of pyridine rings is 1. The lowest BCUT2D eigenvalue weighted by Gasteiger charge is -2.34. The molecule has 2 saturated heterocycles. The lowest BCUT2D eigenvalue weighted by atomic mass is 10.0. The largest absolute Gasteiger partial charge is 0.497 e. The van der Waals surface area contributed by atoms with Gasteiger partial charge in [-0.25, -0.2) is 9.78 Å². The van der Waals surface area contributed by atoms with E-state index in [9.17, 15) is 4.79 Å². The van der Waals surface area contributed by atoms with Crippen LogP contribution < -0.4 is 25.2 Å². The number of hydrogen-bond acceptors (Lipinski definition) is 6. The third-order valence-corrected chi connectivity index (χ3v) is 6.36. The number of piperazine rings is 1. The highest BCUT2D eigenvalue weighted by Gasteiger charge is 2.21. The molecule has 2 aliphatic rings. The van der Waals surface area contributed by atoms with Crippen molar-refractivity contribution < 1.29 is 9.53 Å². The number of urea groups is 1. The molecule has 3 heterocycles. The summed E-state index contributed by atoms with van der Waals surface area (Å²) in [6.45, 7) is 6.45. The standard InChI is InChI=1S/C24H34N6O2/c1-28-13-15-30(16-14-28)23-8-3-19(17-25-23)18-26-24(31)27-20-9-11-29(12-10-20)21-4-6-22(32-2)7-5-21/h3-8,17,20H,9-16,18H2,1-2H3,(H2,26,27,31). The van der Waals surface area contributed by atoms with Gasteiger partial charge in [-0.1, -0.05) is 6.07 Å². The van der Waals surface area contributed by atoms with Crippen molar-refractivity contribution in [1.29, 1.82) is 0 Å². The summed E-state index contributed by atoms with van der Waals surface area (Å²) in [5.41, 5.74) is 2.20. The Morgan fingerprint density at radius 2 is 1.72 bits per heavy atom. The lowest BCUT2D eigenvalue weighted by molar-refractivity contribution is 0.234. The van der Waals surface area contributed by atoms with Crippen LogP contribution in [0, 0.1) is 0 Å². The minimum atomic E-state index is -0.115.